The molecule has 88 valence electrons. The zero-order valence-electron chi connectivity index (χ0n) is 9.45. The number of carboxylic acid groups (broad SMARTS) is 1. The summed E-state index contributed by atoms with van der Waals surface area (Å²) >= 11 is 1.24. The van der Waals surface area contributed by atoms with Gasteiger partial charge in [0.15, 0.2) is 0 Å². The third-order valence-electron chi connectivity index (χ3n) is 2.52. The molecule has 0 spiro atoms. The Morgan fingerprint density at radius 1 is 1.29 bits per heavy atom. The molecule has 0 saturated carbocycles. The molecule has 0 radical (unpaired) electrons. The van der Waals surface area contributed by atoms with Crippen LogP contribution in [0.4, 0.5) is 4.39 Å². The van der Waals surface area contributed by atoms with Gasteiger partial charge >= 0.3 is 5.97 Å². The fourth-order valence-corrected chi connectivity index (χ4v) is 2.80. The van der Waals surface area contributed by atoms with Gasteiger partial charge in [0, 0.05) is 15.8 Å². The van der Waals surface area contributed by atoms with Crippen molar-refractivity contribution < 1.29 is 14.3 Å². The number of carbonyl (C=O) groups is 1. The van der Waals surface area contributed by atoms with Crippen LogP contribution in [0, 0.1) is 19.7 Å². The van der Waals surface area contributed by atoms with Gasteiger partial charge in [0.2, 0.25) is 0 Å². The van der Waals surface area contributed by atoms with Gasteiger partial charge in [0.05, 0.1) is 5.56 Å². The first kappa shape index (κ1) is 11.8. The molecule has 1 N–H and O–H groups in total. The Bertz CT molecular complexity index is 564. The first-order chi connectivity index (χ1) is 7.99. The molecule has 0 aliphatic rings. The Labute approximate surface area is 102 Å². The van der Waals surface area contributed by atoms with Crippen molar-refractivity contribution in [3.63, 3.8) is 0 Å². The lowest BCUT2D eigenvalue weighted by Crippen LogP contribution is -1.92. The summed E-state index contributed by atoms with van der Waals surface area (Å²) < 4.78 is 13.9. The van der Waals surface area contributed by atoms with Gasteiger partial charge in [-0.1, -0.05) is 6.07 Å². The molecule has 0 atom stereocenters. The third kappa shape index (κ3) is 2.22. The number of thiophene rings is 1. The molecule has 1 aromatic heterocycles. The van der Waals surface area contributed by atoms with Crippen molar-refractivity contribution in [3.8, 4) is 10.4 Å². The molecule has 17 heavy (non-hydrogen) atoms. The number of rotatable bonds is 2. The van der Waals surface area contributed by atoms with Crippen LogP contribution in [0.1, 0.15) is 21.5 Å². The Morgan fingerprint density at radius 2 is 2.00 bits per heavy atom. The van der Waals surface area contributed by atoms with Gasteiger partial charge < -0.3 is 5.11 Å². The molecule has 1 heterocycles. The summed E-state index contributed by atoms with van der Waals surface area (Å²) in [6.07, 6.45) is 0. The van der Waals surface area contributed by atoms with E-state index in [1.54, 1.807) is 0 Å². The van der Waals surface area contributed by atoms with E-state index in [4.69, 9.17) is 5.11 Å². The van der Waals surface area contributed by atoms with E-state index in [0.717, 1.165) is 11.1 Å². The number of benzene rings is 1. The lowest BCUT2D eigenvalue weighted by Gasteiger charge is -2.06. The van der Waals surface area contributed by atoms with Crippen molar-refractivity contribution in [1.82, 2.24) is 0 Å². The van der Waals surface area contributed by atoms with Gasteiger partial charge in [0.1, 0.15) is 5.82 Å². The topological polar surface area (TPSA) is 37.3 Å². The molecule has 0 aliphatic carbocycles. The van der Waals surface area contributed by atoms with Crippen LogP contribution < -0.4 is 0 Å². The van der Waals surface area contributed by atoms with E-state index in [1.165, 1.54) is 28.8 Å². The highest BCUT2D eigenvalue weighted by Gasteiger charge is 2.13. The maximum Gasteiger partial charge on any atom is 0.336 e. The second-order valence-corrected chi connectivity index (χ2v) is 4.85. The van der Waals surface area contributed by atoms with E-state index in [1.807, 2.05) is 19.9 Å². The molecular formula is C13H11FO2S. The zero-order valence-corrected chi connectivity index (χ0v) is 10.3. The number of aryl methyl sites for hydroxylation is 2. The first-order valence-electron chi connectivity index (χ1n) is 5.08. The van der Waals surface area contributed by atoms with Crippen molar-refractivity contribution in [1.29, 1.82) is 0 Å². The lowest BCUT2D eigenvalue weighted by atomic mass is 10.0. The summed E-state index contributed by atoms with van der Waals surface area (Å²) in [4.78, 5) is 11.4. The third-order valence-corrected chi connectivity index (χ3v) is 3.47. The van der Waals surface area contributed by atoms with Crippen LogP contribution in [0.5, 0.6) is 0 Å². The monoisotopic (exact) mass is 250 g/mol. The van der Waals surface area contributed by atoms with Crippen LogP contribution in [0.3, 0.4) is 0 Å². The molecule has 0 bridgehead atoms. The summed E-state index contributed by atoms with van der Waals surface area (Å²) in [6.45, 7) is 3.66. The van der Waals surface area contributed by atoms with E-state index in [2.05, 4.69) is 0 Å². The van der Waals surface area contributed by atoms with Crippen LogP contribution in [0.2, 0.25) is 0 Å². The number of aromatic carboxylic acids is 1. The van der Waals surface area contributed by atoms with Crippen molar-refractivity contribution >= 4 is 17.3 Å². The summed E-state index contributed by atoms with van der Waals surface area (Å²) in [7, 11) is 0. The second-order valence-electron chi connectivity index (χ2n) is 3.94. The molecule has 2 nitrogen and oxygen atoms in total. The zero-order chi connectivity index (χ0) is 12.6. The number of hydrogen-bond donors (Lipinski definition) is 1. The van der Waals surface area contributed by atoms with E-state index < -0.39 is 5.97 Å². The van der Waals surface area contributed by atoms with Crippen molar-refractivity contribution in [3.05, 3.63) is 46.1 Å². The Morgan fingerprint density at radius 3 is 2.53 bits per heavy atom. The van der Waals surface area contributed by atoms with Gasteiger partial charge in [0.25, 0.3) is 0 Å². The molecule has 0 saturated heterocycles. The van der Waals surface area contributed by atoms with Gasteiger partial charge in [-0.05, 0) is 37.1 Å². The minimum absolute atomic E-state index is 0.198. The van der Waals surface area contributed by atoms with Gasteiger partial charge in [-0.25, -0.2) is 9.18 Å². The molecule has 4 heteroatoms. The van der Waals surface area contributed by atoms with Gasteiger partial charge in [-0.3, -0.25) is 0 Å². The summed E-state index contributed by atoms with van der Waals surface area (Å²) in [5.41, 5.74) is 2.37. The Balaban J connectivity index is 2.56. The lowest BCUT2D eigenvalue weighted by molar-refractivity contribution is 0.0697. The van der Waals surface area contributed by atoms with Crippen molar-refractivity contribution in [2.75, 3.05) is 0 Å². The standard InChI is InChI=1S/C13H11FO2S/c1-7-3-8(2)12(10(14)4-7)11-5-9(6-17-11)13(15)16/h3-6H,1-2H3,(H,15,16). The molecule has 1 aromatic carbocycles. The van der Waals surface area contributed by atoms with E-state index >= 15 is 0 Å². The van der Waals surface area contributed by atoms with Crippen LogP contribution in [0.25, 0.3) is 10.4 Å². The molecule has 2 rings (SSSR count). The normalized spacial score (nSPS) is 10.5. The van der Waals surface area contributed by atoms with E-state index in [-0.39, 0.29) is 11.4 Å². The fraction of sp³-hybridized carbons (Fsp3) is 0.154. The van der Waals surface area contributed by atoms with Crippen LogP contribution >= 0.6 is 11.3 Å². The minimum Gasteiger partial charge on any atom is -0.478 e. The summed E-state index contributed by atoms with van der Waals surface area (Å²) in [5.74, 6) is -1.29. The second kappa shape index (κ2) is 4.30. The van der Waals surface area contributed by atoms with E-state index in [9.17, 15) is 9.18 Å². The largest absolute Gasteiger partial charge is 0.478 e. The van der Waals surface area contributed by atoms with Gasteiger partial charge in [-0.15, -0.1) is 11.3 Å². The molecular weight excluding hydrogens is 239 g/mol. The molecule has 0 unspecified atom stereocenters. The number of hydrogen-bond acceptors (Lipinski definition) is 2. The fourth-order valence-electron chi connectivity index (χ4n) is 1.81. The quantitative estimate of drug-likeness (QED) is 0.878. The molecule has 0 amide bonds. The average Bonchev–Trinajstić information content (AvgIpc) is 2.65. The highest BCUT2D eigenvalue weighted by atomic mass is 32.1. The molecule has 0 aliphatic heterocycles. The SMILES string of the molecule is Cc1cc(C)c(-c2cc(C(=O)O)cs2)c(F)c1. The molecule has 0 fully saturated rings. The summed E-state index contributed by atoms with van der Waals surface area (Å²) in [6, 6.07) is 4.86. The van der Waals surface area contributed by atoms with Crippen LogP contribution in [-0.4, -0.2) is 11.1 Å². The molecule has 2 aromatic rings. The average molecular weight is 250 g/mol. The Hall–Kier alpha value is -1.68. The van der Waals surface area contributed by atoms with E-state index in [0.29, 0.717) is 10.4 Å². The van der Waals surface area contributed by atoms with Gasteiger partial charge in [-0.2, -0.15) is 0 Å². The predicted molar refractivity (Wildman–Crippen MR) is 66.1 cm³/mol. The minimum atomic E-state index is -0.988. The van der Waals surface area contributed by atoms with Crippen LogP contribution in [-0.2, 0) is 0 Å². The summed E-state index contributed by atoms with van der Waals surface area (Å²) in [5, 5.41) is 10.4. The van der Waals surface area contributed by atoms with Crippen molar-refractivity contribution in [2.24, 2.45) is 0 Å². The van der Waals surface area contributed by atoms with Crippen LogP contribution in [0.15, 0.2) is 23.6 Å². The highest BCUT2D eigenvalue weighted by molar-refractivity contribution is 7.13. The Kier molecular flexibility index (Phi) is 2.98. The highest BCUT2D eigenvalue weighted by Crippen LogP contribution is 2.32. The number of carboxylic acids is 1. The first-order valence-corrected chi connectivity index (χ1v) is 5.96. The predicted octanol–water partition coefficient (Wildman–Crippen LogP) is 3.87. The maximum absolute atomic E-state index is 13.9. The van der Waals surface area contributed by atoms with Crippen molar-refractivity contribution in [2.45, 2.75) is 13.8 Å². The maximum atomic E-state index is 13.9. The number of halogens is 1. The smallest absolute Gasteiger partial charge is 0.336 e.